The van der Waals surface area contributed by atoms with Crippen molar-refractivity contribution in [2.75, 3.05) is 40.4 Å². The molecule has 1 aliphatic heterocycles. The number of likely N-dealkylation sites (N-methyl/N-ethyl adjacent to an activating group) is 1. The Balaban J connectivity index is 2.37. The van der Waals surface area contributed by atoms with E-state index in [0.29, 0.717) is 6.42 Å². The average Bonchev–Trinajstić information content (AvgIpc) is 2.85. The number of amides is 5. The zero-order valence-electron chi connectivity index (χ0n) is 22.3. The SMILES string of the molecule is COCC(=O)N1CCNC(=O)[C@H](Cc2ccccc2)NC(=O)[C@H](C)N(C)C(=O)[C@H](CC(C)C)NC(=O)C1. The third kappa shape index (κ3) is 9.16. The highest BCUT2D eigenvalue weighted by Crippen LogP contribution is 2.11. The van der Waals surface area contributed by atoms with Crippen molar-refractivity contribution >= 4 is 29.5 Å². The van der Waals surface area contributed by atoms with Crippen LogP contribution in [0.15, 0.2) is 30.3 Å². The molecule has 204 valence electrons. The molecule has 3 atom stereocenters. The fourth-order valence-electron chi connectivity index (χ4n) is 4.01. The Hall–Kier alpha value is -3.47. The maximum atomic E-state index is 13.3. The molecular formula is C26H39N5O6. The van der Waals surface area contributed by atoms with Gasteiger partial charge in [0, 0.05) is 33.7 Å². The lowest BCUT2D eigenvalue weighted by Crippen LogP contribution is -2.57. The number of methoxy groups -OCH3 is 1. The molecular weight excluding hydrogens is 478 g/mol. The normalized spacial score (nSPS) is 22.6. The molecule has 11 heteroatoms. The van der Waals surface area contributed by atoms with Crippen molar-refractivity contribution in [3.8, 4) is 0 Å². The van der Waals surface area contributed by atoms with Gasteiger partial charge in [0.05, 0.1) is 6.54 Å². The summed E-state index contributed by atoms with van der Waals surface area (Å²) in [7, 11) is 2.86. The molecule has 1 aromatic carbocycles. The summed E-state index contributed by atoms with van der Waals surface area (Å²) in [5.41, 5.74) is 0.849. The highest BCUT2D eigenvalue weighted by Gasteiger charge is 2.33. The molecule has 37 heavy (non-hydrogen) atoms. The zero-order chi connectivity index (χ0) is 27.5. The largest absolute Gasteiger partial charge is 0.375 e. The fraction of sp³-hybridized carbons (Fsp3) is 0.577. The zero-order valence-corrected chi connectivity index (χ0v) is 22.3. The summed E-state index contributed by atoms with van der Waals surface area (Å²) in [5.74, 6) is -2.22. The van der Waals surface area contributed by atoms with Crippen LogP contribution >= 0.6 is 0 Å². The molecule has 11 nitrogen and oxygen atoms in total. The lowest BCUT2D eigenvalue weighted by molar-refractivity contribution is -0.143. The van der Waals surface area contributed by atoms with Gasteiger partial charge in [-0.3, -0.25) is 24.0 Å². The lowest BCUT2D eigenvalue weighted by atomic mass is 10.0. The van der Waals surface area contributed by atoms with E-state index in [0.717, 1.165) is 5.56 Å². The first kappa shape index (κ1) is 29.8. The number of nitrogens with zero attached hydrogens (tertiary/aromatic N) is 2. The van der Waals surface area contributed by atoms with Gasteiger partial charge in [0.1, 0.15) is 24.7 Å². The van der Waals surface area contributed by atoms with E-state index in [-0.39, 0.29) is 38.6 Å². The van der Waals surface area contributed by atoms with E-state index in [9.17, 15) is 24.0 Å². The second-order valence-corrected chi connectivity index (χ2v) is 9.66. The Labute approximate surface area is 218 Å². The molecule has 5 amide bonds. The maximum absolute atomic E-state index is 13.3. The smallest absolute Gasteiger partial charge is 0.249 e. The molecule has 0 aliphatic carbocycles. The van der Waals surface area contributed by atoms with Gasteiger partial charge in [-0.25, -0.2) is 0 Å². The Morgan fingerprint density at radius 1 is 1.05 bits per heavy atom. The van der Waals surface area contributed by atoms with Crippen LogP contribution < -0.4 is 16.0 Å². The van der Waals surface area contributed by atoms with E-state index in [1.165, 1.54) is 24.0 Å². The number of carbonyl (C=O) groups is 5. The predicted octanol–water partition coefficient (Wildman–Crippen LogP) is -0.303. The van der Waals surface area contributed by atoms with Gasteiger partial charge in [0.25, 0.3) is 0 Å². The number of ether oxygens (including phenoxy) is 1. The van der Waals surface area contributed by atoms with Crippen LogP contribution in [0.5, 0.6) is 0 Å². The molecule has 0 saturated carbocycles. The van der Waals surface area contributed by atoms with Gasteiger partial charge < -0.3 is 30.5 Å². The van der Waals surface area contributed by atoms with Crippen LogP contribution in [0.25, 0.3) is 0 Å². The Bertz CT molecular complexity index is 954. The predicted molar refractivity (Wildman–Crippen MR) is 137 cm³/mol. The first-order chi connectivity index (χ1) is 17.5. The molecule has 1 fully saturated rings. The topological polar surface area (TPSA) is 137 Å². The van der Waals surface area contributed by atoms with E-state index in [1.54, 1.807) is 6.92 Å². The quantitative estimate of drug-likeness (QED) is 0.474. The number of benzene rings is 1. The number of hydrogen-bond acceptors (Lipinski definition) is 6. The summed E-state index contributed by atoms with van der Waals surface area (Å²) in [5, 5.41) is 8.25. The lowest BCUT2D eigenvalue weighted by Gasteiger charge is -2.30. The minimum atomic E-state index is -0.902. The summed E-state index contributed by atoms with van der Waals surface area (Å²) in [4.78, 5) is 67.5. The molecule has 0 unspecified atom stereocenters. The van der Waals surface area contributed by atoms with E-state index in [4.69, 9.17) is 4.74 Å². The molecule has 1 aliphatic rings. The average molecular weight is 518 g/mol. The molecule has 1 saturated heterocycles. The number of nitrogens with one attached hydrogen (secondary N) is 3. The van der Waals surface area contributed by atoms with Crippen LogP contribution in [-0.2, 0) is 35.1 Å². The van der Waals surface area contributed by atoms with Crippen LogP contribution in [0.1, 0.15) is 32.8 Å². The Kier molecular flexibility index (Phi) is 11.5. The van der Waals surface area contributed by atoms with Crippen LogP contribution in [0.2, 0.25) is 0 Å². The monoisotopic (exact) mass is 517 g/mol. The Morgan fingerprint density at radius 2 is 1.73 bits per heavy atom. The summed E-state index contributed by atoms with van der Waals surface area (Å²) in [6, 6.07) is 6.58. The molecule has 0 bridgehead atoms. The molecule has 2 rings (SSSR count). The number of hydrogen-bond donors (Lipinski definition) is 3. The number of rotatable bonds is 6. The van der Waals surface area contributed by atoms with Gasteiger partial charge in [0.2, 0.25) is 29.5 Å². The first-order valence-electron chi connectivity index (χ1n) is 12.5. The van der Waals surface area contributed by atoms with Gasteiger partial charge in [-0.1, -0.05) is 44.2 Å². The summed E-state index contributed by atoms with van der Waals surface area (Å²) < 4.78 is 4.93. The van der Waals surface area contributed by atoms with Gasteiger partial charge in [0.15, 0.2) is 0 Å². The van der Waals surface area contributed by atoms with Crippen molar-refractivity contribution in [2.45, 2.75) is 51.7 Å². The second kappa shape index (κ2) is 14.3. The van der Waals surface area contributed by atoms with Crippen LogP contribution in [0.3, 0.4) is 0 Å². The van der Waals surface area contributed by atoms with Crippen molar-refractivity contribution in [1.29, 1.82) is 0 Å². The standard InChI is InChI=1S/C26H39N5O6/c1-17(2)13-21-26(36)30(4)18(3)24(34)29-20(14-19-9-7-6-8-10-19)25(35)27-11-12-31(15-22(32)28-21)23(33)16-37-5/h6-10,17-18,20-21H,11-16H2,1-5H3,(H,27,35)(H,28,32)(H,29,34)/t18-,20-,21-/m0/s1. The van der Waals surface area contributed by atoms with Crippen molar-refractivity contribution < 1.29 is 28.7 Å². The van der Waals surface area contributed by atoms with Crippen LogP contribution in [-0.4, -0.2) is 97.9 Å². The van der Waals surface area contributed by atoms with E-state index in [1.807, 2.05) is 44.2 Å². The minimum Gasteiger partial charge on any atom is -0.375 e. The third-order valence-electron chi connectivity index (χ3n) is 6.20. The molecule has 1 aromatic rings. The van der Waals surface area contributed by atoms with Crippen molar-refractivity contribution in [2.24, 2.45) is 5.92 Å². The van der Waals surface area contributed by atoms with Gasteiger partial charge in [-0.2, -0.15) is 0 Å². The minimum absolute atomic E-state index is 0.0481. The van der Waals surface area contributed by atoms with E-state index < -0.39 is 47.7 Å². The Morgan fingerprint density at radius 3 is 2.35 bits per heavy atom. The van der Waals surface area contributed by atoms with Crippen LogP contribution in [0, 0.1) is 5.92 Å². The third-order valence-corrected chi connectivity index (χ3v) is 6.20. The molecule has 1 heterocycles. The van der Waals surface area contributed by atoms with Gasteiger partial charge in [-0.05, 0) is 24.8 Å². The fourth-order valence-corrected chi connectivity index (χ4v) is 4.01. The molecule has 0 aromatic heterocycles. The van der Waals surface area contributed by atoms with Crippen molar-refractivity contribution in [1.82, 2.24) is 25.8 Å². The second-order valence-electron chi connectivity index (χ2n) is 9.66. The highest BCUT2D eigenvalue weighted by atomic mass is 16.5. The van der Waals surface area contributed by atoms with Gasteiger partial charge in [-0.15, -0.1) is 0 Å². The summed E-state index contributed by atoms with van der Waals surface area (Å²) in [6.07, 6.45) is 0.594. The highest BCUT2D eigenvalue weighted by molar-refractivity contribution is 5.95. The van der Waals surface area contributed by atoms with E-state index >= 15 is 0 Å². The summed E-state index contributed by atoms with van der Waals surface area (Å²) in [6.45, 7) is 4.99. The molecule has 0 radical (unpaired) electrons. The summed E-state index contributed by atoms with van der Waals surface area (Å²) >= 11 is 0. The van der Waals surface area contributed by atoms with Crippen molar-refractivity contribution in [3.05, 3.63) is 35.9 Å². The van der Waals surface area contributed by atoms with Gasteiger partial charge >= 0.3 is 0 Å². The number of carbonyl (C=O) groups excluding carboxylic acids is 5. The van der Waals surface area contributed by atoms with E-state index in [2.05, 4.69) is 16.0 Å². The van der Waals surface area contributed by atoms with Crippen molar-refractivity contribution in [3.63, 3.8) is 0 Å². The maximum Gasteiger partial charge on any atom is 0.249 e. The first-order valence-corrected chi connectivity index (χ1v) is 12.5. The molecule has 0 spiro atoms. The molecule has 3 N–H and O–H groups in total. The van der Waals surface area contributed by atoms with Crippen LogP contribution in [0.4, 0.5) is 0 Å².